The van der Waals surface area contributed by atoms with Gasteiger partial charge in [0.25, 0.3) is 0 Å². The van der Waals surface area contributed by atoms with Crippen molar-refractivity contribution in [3.05, 3.63) is 29.8 Å². The van der Waals surface area contributed by atoms with E-state index in [1.165, 1.54) is 12.8 Å². The maximum atomic E-state index is 12.2. The first kappa shape index (κ1) is 15.4. The maximum absolute atomic E-state index is 12.2. The molecular formula is C14H23N3O2S. The van der Waals surface area contributed by atoms with Gasteiger partial charge in [0.05, 0.1) is 4.90 Å². The largest absolute Gasteiger partial charge is 0.326 e. The zero-order valence-corrected chi connectivity index (χ0v) is 12.9. The normalized spacial score (nSPS) is 17.4. The van der Waals surface area contributed by atoms with Crippen LogP contribution in [0.4, 0.5) is 0 Å². The van der Waals surface area contributed by atoms with Crippen LogP contribution < -0.4 is 10.5 Å². The fourth-order valence-corrected chi connectivity index (χ4v) is 3.23. The third-order valence-corrected chi connectivity index (χ3v) is 5.30. The molecule has 0 radical (unpaired) electrons. The van der Waals surface area contributed by atoms with Gasteiger partial charge in [-0.3, -0.25) is 4.90 Å². The van der Waals surface area contributed by atoms with Crippen LogP contribution in [0.1, 0.15) is 25.3 Å². The number of nitrogens with one attached hydrogen (secondary N) is 1. The van der Waals surface area contributed by atoms with E-state index >= 15 is 0 Å². The Morgan fingerprint density at radius 1 is 1.35 bits per heavy atom. The summed E-state index contributed by atoms with van der Waals surface area (Å²) in [6, 6.07) is 7.50. The maximum Gasteiger partial charge on any atom is 0.240 e. The third kappa shape index (κ3) is 3.79. The first-order chi connectivity index (χ1) is 9.44. The lowest BCUT2D eigenvalue weighted by Crippen LogP contribution is -2.41. The van der Waals surface area contributed by atoms with E-state index in [0.717, 1.165) is 5.56 Å². The van der Waals surface area contributed by atoms with Crippen molar-refractivity contribution in [3.63, 3.8) is 0 Å². The van der Waals surface area contributed by atoms with Gasteiger partial charge >= 0.3 is 0 Å². The van der Waals surface area contributed by atoms with Gasteiger partial charge in [-0.15, -0.1) is 0 Å². The van der Waals surface area contributed by atoms with Crippen LogP contribution in [0.3, 0.4) is 0 Å². The van der Waals surface area contributed by atoms with E-state index < -0.39 is 10.0 Å². The Labute approximate surface area is 121 Å². The molecule has 1 atom stereocenters. The molecule has 0 bridgehead atoms. The summed E-state index contributed by atoms with van der Waals surface area (Å²) in [5, 5.41) is 0. The molecule has 1 aromatic carbocycles. The summed E-state index contributed by atoms with van der Waals surface area (Å²) in [7, 11) is -1.39. The van der Waals surface area contributed by atoms with Crippen molar-refractivity contribution in [2.45, 2.75) is 43.3 Å². The number of hydrogen-bond acceptors (Lipinski definition) is 4. The monoisotopic (exact) mass is 297 g/mol. The second-order valence-corrected chi connectivity index (χ2v) is 7.21. The Morgan fingerprint density at radius 2 is 1.95 bits per heavy atom. The van der Waals surface area contributed by atoms with E-state index in [1.54, 1.807) is 24.3 Å². The van der Waals surface area contributed by atoms with Crippen LogP contribution in [0.25, 0.3) is 0 Å². The minimum absolute atomic E-state index is 0.195. The lowest BCUT2D eigenvalue weighted by atomic mass is 10.2. The summed E-state index contributed by atoms with van der Waals surface area (Å²) in [4.78, 5) is 2.52. The number of sulfonamides is 1. The van der Waals surface area contributed by atoms with Crippen molar-refractivity contribution < 1.29 is 8.42 Å². The number of hydrogen-bond donors (Lipinski definition) is 2. The SMILES string of the molecule is CC(CNS(=O)(=O)c1ccc(CN)cc1)N(C)C1CC1. The Kier molecular flexibility index (Phi) is 4.80. The molecule has 112 valence electrons. The summed E-state index contributed by atoms with van der Waals surface area (Å²) in [5.74, 6) is 0. The van der Waals surface area contributed by atoms with Gasteiger partial charge in [0.1, 0.15) is 0 Å². The molecule has 1 saturated carbocycles. The van der Waals surface area contributed by atoms with Crippen LogP contribution in [0, 0.1) is 0 Å². The highest BCUT2D eigenvalue weighted by Gasteiger charge is 2.29. The van der Waals surface area contributed by atoms with Crippen LogP contribution in [0.2, 0.25) is 0 Å². The van der Waals surface area contributed by atoms with E-state index in [1.807, 2.05) is 14.0 Å². The van der Waals surface area contributed by atoms with Crippen molar-refractivity contribution in [3.8, 4) is 0 Å². The molecule has 0 spiro atoms. The molecule has 0 amide bonds. The van der Waals surface area contributed by atoms with Crippen molar-refractivity contribution in [1.29, 1.82) is 0 Å². The van der Waals surface area contributed by atoms with Gasteiger partial charge in [-0.1, -0.05) is 12.1 Å². The number of nitrogens with zero attached hydrogens (tertiary/aromatic N) is 1. The van der Waals surface area contributed by atoms with Crippen molar-refractivity contribution in [2.24, 2.45) is 5.73 Å². The number of nitrogens with two attached hydrogens (primary N) is 1. The summed E-state index contributed by atoms with van der Waals surface area (Å²) in [5.41, 5.74) is 6.43. The number of benzene rings is 1. The minimum Gasteiger partial charge on any atom is -0.326 e. The molecule has 0 aromatic heterocycles. The predicted molar refractivity (Wildman–Crippen MR) is 79.8 cm³/mol. The van der Waals surface area contributed by atoms with Crippen molar-refractivity contribution in [2.75, 3.05) is 13.6 Å². The second kappa shape index (κ2) is 6.22. The first-order valence-electron chi connectivity index (χ1n) is 6.94. The third-order valence-electron chi connectivity index (χ3n) is 3.86. The molecule has 3 N–H and O–H groups in total. The molecule has 1 aliphatic rings. The van der Waals surface area contributed by atoms with E-state index in [4.69, 9.17) is 5.73 Å². The molecule has 0 aliphatic heterocycles. The number of likely N-dealkylation sites (N-methyl/N-ethyl adjacent to an activating group) is 1. The highest BCUT2D eigenvalue weighted by molar-refractivity contribution is 7.89. The van der Waals surface area contributed by atoms with Gasteiger partial charge < -0.3 is 5.73 Å². The highest BCUT2D eigenvalue weighted by Crippen LogP contribution is 2.26. The average Bonchev–Trinajstić information content (AvgIpc) is 3.28. The quantitative estimate of drug-likeness (QED) is 0.784. The fraction of sp³-hybridized carbons (Fsp3) is 0.571. The van der Waals surface area contributed by atoms with Gasteiger partial charge in [-0.25, -0.2) is 13.1 Å². The van der Waals surface area contributed by atoms with Gasteiger partial charge in [0, 0.05) is 25.2 Å². The molecular weight excluding hydrogens is 274 g/mol. The average molecular weight is 297 g/mol. The van der Waals surface area contributed by atoms with Crippen LogP contribution in [-0.4, -0.2) is 39.0 Å². The Hall–Kier alpha value is -0.950. The molecule has 2 rings (SSSR count). The minimum atomic E-state index is -3.44. The van der Waals surface area contributed by atoms with Gasteiger partial charge in [-0.05, 0) is 44.5 Å². The fourth-order valence-electron chi connectivity index (χ4n) is 2.10. The van der Waals surface area contributed by atoms with E-state index in [-0.39, 0.29) is 10.9 Å². The van der Waals surface area contributed by atoms with Crippen LogP contribution in [0.5, 0.6) is 0 Å². The Balaban J connectivity index is 1.95. The zero-order chi connectivity index (χ0) is 14.8. The predicted octanol–water partition coefficient (Wildman–Crippen LogP) is 0.906. The van der Waals surface area contributed by atoms with Gasteiger partial charge in [-0.2, -0.15) is 0 Å². The van der Waals surface area contributed by atoms with Crippen molar-refractivity contribution in [1.82, 2.24) is 9.62 Å². The molecule has 20 heavy (non-hydrogen) atoms. The van der Waals surface area contributed by atoms with E-state index in [2.05, 4.69) is 9.62 Å². The molecule has 5 nitrogen and oxygen atoms in total. The highest BCUT2D eigenvalue weighted by atomic mass is 32.2. The van der Waals surface area contributed by atoms with Crippen molar-refractivity contribution >= 4 is 10.0 Å². The first-order valence-corrected chi connectivity index (χ1v) is 8.43. The van der Waals surface area contributed by atoms with Crippen LogP contribution >= 0.6 is 0 Å². The van der Waals surface area contributed by atoms with Crippen LogP contribution in [-0.2, 0) is 16.6 Å². The topological polar surface area (TPSA) is 75.4 Å². The standard InChI is InChI=1S/C14H23N3O2S/c1-11(17(2)13-5-6-13)10-16-20(18,19)14-7-3-12(9-15)4-8-14/h3-4,7-8,11,13,16H,5-6,9-10,15H2,1-2H3. The van der Waals surface area contributed by atoms with Gasteiger partial charge in [0.2, 0.25) is 10.0 Å². The second-order valence-electron chi connectivity index (χ2n) is 5.45. The van der Waals surface area contributed by atoms with Gasteiger partial charge in [0.15, 0.2) is 0 Å². The smallest absolute Gasteiger partial charge is 0.240 e. The van der Waals surface area contributed by atoms with E-state index in [9.17, 15) is 8.42 Å². The summed E-state index contributed by atoms with van der Waals surface area (Å²) < 4.78 is 27.0. The molecule has 0 saturated heterocycles. The Bertz CT molecular complexity index is 538. The zero-order valence-electron chi connectivity index (χ0n) is 12.0. The molecule has 1 aromatic rings. The summed E-state index contributed by atoms with van der Waals surface area (Å²) in [6.45, 7) is 2.88. The molecule has 1 fully saturated rings. The summed E-state index contributed by atoms with van der Waals surface area (Å²) in [6.07, 6.45) is 2.43. The van der Waals surface area contributed by atoms with E-state index in [0.29, 0.717) is 19.1 Å². The summed E-state index contributed by atoms with van der Waals surface area (Å²) >= 11 is 0. The lowest BCUT2D eigenvalue weighted by molar-refractivity contribution is 0.248. The Morgan fingerprint density at radius 3 is 2.45 bits per heavy atom. The molecule has 1 unspecified atom stereocenters. The molecule has 6 heteroatoms. The lowest BCUT2D eigenvalue weighted by Gasteiger charge is -2.24. The molecule has 1 aliphatic carbocycles. The van der Waals surface area contributed by atoms with Crippen LogP contribution in [0.15, 0.2) is 29.2 Å². The number of rotatable bonds is 7. The molecule has 0 heterocycles.